The van der Waals surface area contributed by atoms with Crippen molar-refractivity contribution in [3.63, 3.8) is 0 Å². The molecule has 1 aromatic heterocycles. The smallest absolute Gasteiger partial charge is 0.0522 e. The highest BCUT2D eigenvalue weighted by Crippen LogP contribution is 2.24. The zero-order valence-corrected chi connectivity index (χ0v) is 11.0. The first-order chi connectivity index (χ1) is 7.75. The molecule has 3 nitrogen and oxygen atoms in total. The predicted molar refractivity (Wildman–Crippen MR) is 69.9 cm³/mol. The Bertz CT molecular complexity index is 324. The van der Waals surface area contributed by atoms with Crippen LogP contribution in [0.1, 0.15) is 25.3 Å². The summed E-state index contributed by atoms with van der Waals surface area (Å²) >= 11 is 2.10. The van der Waals surface area contributed by atoms with Gasteiger partial charge in [-0.05, 0) is 37.1 Å². The number of aryl methyl sites for hydroxylation is 1. The van der Waals surface area contributed by atoms with Crippen LogP contribution >= 0.6 is 11.8 Å². The van der Waals surface area contributed by atoms with Crippen LogP contribution in [0.2, 0.25) is 0 Å². The van der Waals surface area contributed by atoms with Gasteiger partial charge in [-0.1, -0.05) is 6.92 Å². The van der Waals surface area contributed by atoms with Gasteiger partial charge in [0.25, 0.3) is 0 Å². The van der Waals surface area contributed by atoms with Gasteiger partial charge in [0, 0.05) is 24.5 Å². The van der Waals surface area contributed by atoms with Crippen molar-refractivity contribution in [1.82, 2.24) is 15.1 Å². The molecule has 2 heterocycles. The largest absolute Gasteiger partial charge is 0.313 e. The molecular formula is C12H21N3S. The number of rotatable bonds is 4. The van der Waals surface area contributed by atoms with E-state index >= 15 is 0 Å². The van der Waals surface area contributed by atoms with Gasteiger partial charge < -0.3 is 5.32 Å². The van der Waals surface area contributed by atoms with E-state index in [0.29, 0.717) is 6.04 Å². The van der Waals surface area contributed by atoms with E-state index in [-0.39, 0.29) is 0 Å². The first kappa shape index (κ1) is 12.0. The van der Waals surface area contributed by atoms with E-state index < -0.39 is 0 Å². The van der Waals surface area contributed by atoms with Crippen molar-refractivity contribution in [3.8, 4) is 0 Å². The van der Waals surface area contributed by atoms with Crippen molar-refractivity contribution < 1.29 is 0 Å². The normalized spacial score (nSPS) is 25.9. The van der Waals surface area contributed by atoms with Crippen LogP contribution in [0.15, 0.2) is 12.4 Å². The van der Waals surface area contributed by atoms with Crippen LogP contribution in [0, 0.1) is 0 Å². The fourth-order valence-corrected chi connectivity index (χ4v) is 3.36. The topological polar surface area (TPSA) is 29.9 Å². The molecule has 1 fully saturated rings. The molecule has 0 saturated carbocycles. The predicted octanol–water partition coefficient (Wildman–Crippen LogP) is 1.84. The Labute approximate surface area is 102 Å². The van der Waals surface area contributed by atoms with E-state index in [1.165, 1.54) is 24.2 Å². The number of thioether (sulfide) groups is 1. The third-order valence-corrected chi connectivity index (χ3v) is 4.56. The van der Waals surface area contributed by atoms with Crippen molar-refractivity contribution in [1.29, 1.82) is 0 Å². The molecule has 0 radical (unpaired) electrons. The third kappa shape index (κ3) is 3.25. The van der Waals surface area contributed by atoms with Crippen LogP contribution in [0.25, 0.3) is 0 Å². The number of hydrogen-bond donors (Lipinski definition) is 1. The molecule has 16 heavy (non-hydrogen) atoms. The molecule has 0 bridgehead atoms. The van der Waals surface area contributed by atoms with Crippen LogP contribution in [-0.4, -0.2) is 33.4 Å². The highest BCUT2D eigenvalue weighted by Gasteiger charge is 2.20. The first-order valence-electron chi connectivity index (χ1n) is 6.08. The number of nitrogens with one attached hydrogen (secondary N) is 1. The van der Waals surface area contributed by atoms with Gasteiger partial charge in [-0.3, -0.25) is 4.68 Å². The summed E-state index contributed by atoms with van der Waals surface area (Å²) in [6.07, 6.45) is 7.84. The van der Waals surface area contributed by atoms with Crippen molar-refractivity contribution >= 4 is 11.8 Å². The van der Waals surface area contributed by atoms with E-state index in [1.54, 1.807) is 0 Å². The molecule has 0 aliphatic carbocycles. The Balaban J connectivity index is 1.71. The maximum atomic E-state index is 4.18. The van der Waals surface area contributed by atoms with Crippen LogP contribution in [0.4, 0.5) is 0 Å². The molecule has 4 heteroatoms. The van der Waals surface area contributed by atoms with E-state index in [0.717, 1.165) is 18.2 Å². The van der Waals surface area contributed by atoms with Gasteiger partial charge in [-0.25, -0.2) is 0 Å². The second-order valence-corrected chi connectivity index (χ2v) is 6.04. The maximum Gasteiger partial charge on any atom is 0.0522 e. The zero-order chi connectivity index (χ0) is 11.4. The summed E-state index contributed by atoms with van der Waals surface area (Å²) in [5, 5.41) is 8.62. The summed E-state index contributed by atoms with van der Waals surface area (Å²) in [7, 11) is 1.97. The van der Waals surface area contributed by atoms with Crippen LogP contribution in [0.3, 0.4) is 0 Å². The monoisotopic (exact) mass is 239 g/mol. The fraction of sp³-hybridized carbons (Fsp3) is 0.750. The quantitative estimate of drug-likeness (QED) is 0.869. The SMILES string of the molecule is CC1SCCCC1NCCc1cnn(C)c1. The molecule has 1 aliphatic rings. The van der Waals surface area contributed by atoms with Gasteiger partial charge in [0.15, 0.2) is 0 Å². The maximum absolute atomic E-state index is 4.18. The zero-order valence-electron chi connectivity index (χ0n) is 10.1. The molecular weight excluding hydrogens is 218 g/mol. The molecule has 1 aromatic rings. The minimum Gasteiger partial charge on any atom is -0.313 e. The summed E-state index contributed by atoms with van der Waals surface area (Å²) in [4.78, 5) is 0. The second-order valence-electron chi connectivity index (χ2n) is 4.55. The summed E-state index contributed by atoms with van der Waals surface area (Å²) in [6, 6.07) is 0.704. The minimum atomic E-state index is 0.704. The summed E-state index contributed by atoms with van der Waals surface area (Å²) in [5.41, 5.74) is 1.33. The summed E-state index contributed by atoms with van der Waals surface area (Å²) in [6.45, 7) is 3.41. The molecule has 2 unspecified atom stereocenters. The van der Waals surface area contributed by atoms with E-state index in [9.17, 15) is 0 Å². The van der Waals surface area contributed by atoms with Gasteiger partial charge in [0.1, 0.15) is 0 Å². The standard InChI is InChI=1S/C12H21N3S/c1-10-12(4-3-7-16-10)13-6-5-11-8-14-15(2)9-11/h8-10,12-13H,3-7H2,1-2H3. The average molecular weight is 239 g/mol. The molecule has 1 saturated heterocycles. The Morgan fingerprint density at radius 2 is 2.50 bits per heavy atom. The van der Waals surface area contributed by atoms with Crippen molar-refractivity contribution in [3.05, 3.63) is 18.0 Å². The molecule has 1 aliphatic heterocycles. The van der Waals surface area contributed by atoms with Gasteiger partial charge >= 0.3 is 0 Å². The third-order valence-electron chi connectivity index (χ3n) is 3.19. The fourth-order valence-electron chi connectivity index (χ4n) is 2.19. The molecule has 1 N–H and O–H groups in total. The van der Waals surface area contributed by atoms with Gasteiger partial charge in [-0.2, -0.15) is 16.9 Å². The molecule has 2 rings (SSSR count). The minimum absolute atomic E-state index is 0.704. The lowest BCUT2D eigenvalue weighted by molar-refractivity contribution is 0.466. The first-order valence-corrected chi connectivity index (χ1v) is 7.13. The lowest BCUT2D eigenvalue weighted by Crippen LogP contribution is -2.40. The van der Waals surface area contributed by atoms with E-state index in [4.69, 9.17) is 0 Å². The van der Waals surface area contributed by atoms with Gasteiger partial charge in [0.2, 0.25) is 0 Å². The van der Waals surface area contributed by atoms with Crippen molar-refractivity contribution in [2.75, 3.05) is 12.3 Å². The molecule has 90 valence electrons. The summed E-state index contributed by atoms with van der Waals surface area (Å²) in [5.74, 6) is 1.34. The molecule has 0 amide bonds. The van der Waals surface area contributed by atoms with Crippen molar-refractivity contribution in [2.45, 2.75) is 37.5 Å². The van der Waals surface area contributed by atoms with Crippen LogP contribution in [0.5, 0.6) is 0 Å². The Kier molecular flexibility index (Phi) is 4.29. The van der Waals surface area contributed by atoms with E-state index in [1.807, 2.05) is 17.9 Å². The van der Waals surface area contributed by atoms with Crippen molar-refractivity contribution in [2.24, 2.45) is 7.05 Å². The van der Waals surface area contributed by atoms with Gasteiger partial charge in [0.05, 0.1) is 6.20 Å². The average Bonchev–Trinajstić information content (AvgIpc) is 2.67. The number of hydrogen-bond acceptors (Lipinski definition) is 3. The lowest BCUT2D eigenvalue weighted by atomic mass is 10.1. The Hall–Kier alpha value is -0.480. The highest BCUT2D eigenvalue weighted by molar-refractivity contribution is 7.99. The van der Waals surface area contributed by atoms with Gasteiger partial charge in [-0.15, -0.1) is 0 Å². The Morgan fingerprint density at radius 3 is 3.19 bits per heavy atom. The van der Waals surface area contributed by atoms with Crippen LogP contribution < -0.4 is 5.32 Å². The lowest BCUT2D eigenvalue weighted by Gasteiger charge is -2.29. The molecule has 0 spiro atoms. The number of nitrogens with zero attached hydrogens (tertiary/aromatic N) is 2. The van der Waals surface area contributed by atoms with Crippen LogP contribution in [-0.2, 0) is 13.5 Å². The number of aromatic nitrogens is 2. The van der Waals surface area contributed by atoms with E-state index in [2.05, 4.69) is 35.3 Å². The second kappa shape index (κ2) is 5.73. The summed E-state index contributed by atoms with van der Waals surface area (Å²) < 4.78 is 1.87. The molecule has 2 atom stereocenters. The highest BCUT2D eigenvalue weighted by atomic mass is 32.2. The molecule has 0 aromatic carbocycles. The Morgan fingerprint density at radius 1 is 1.62 bits per heavy atom.